The molecular weight excluding hydrogens is 274 g/mol. The van der Waals surface area contributed by atoms with Gasteiger partial charge in [-0.15, -0.1) is 11.3 Å². The predicted octanol–water partition coefficient (Wildman–Crippen LogP) is 2.82. The molecule has 0 spiro atoms. The zero-order valence-electron chi connectivity index (χ0n) is 11.5. The maximum atomic E-state index is 11.8. The van der Waals surface area contributed by atoms with Gasteiger partial charge in [-0.25, -0.2) is 9.78 Å². The van der Waals surface area contributed by atoms with Crippen molar-refractivity contribution in [1.82, 2.24) is 4.98 Å². The third-order valence-electron chi connectivity index (χ3n) is 2.70. The number of benzene rings is 1. The molecule has 0 atom stereocenters. The van der Waals surface area contributed by atoms with Gasteiger partial charge in [0.15, 0.2) is 0 Å². The molecule has 6 heteroatoms. The van der Waals surface area contributed by atoms with Crippen LogP contribution in [0.3, 0.4) is 0 Å². The lowest BCUT2D eigenvalue weighted by Gasteiger charge is -2.11. The molecule has 0 aliphatic rings. The zero-order valence-corrected chi connectivity index (χ0v) is 12.3. The number of nitrogens with zero attached hydrogens (tertiary/aromatic N) is 1. The Kier molecular flexibility index (Phi) is 4.57. The number of para-hydroxylation sites is 1. The number of thiazole rings is 1. The van der Waals surface area contributed by atoms with Crippen molar-refractivity contribution < 1.29 is 9.53 Å². The Morgan fingerprint density at radius 3 is 2.95 bits per heavy atom. The summed E-state index contributed by atoms with van der Waals surface area (Å²) in [6, 6.07) is 5.27. The number of hydrogen-bond donors (Lipinski definition) is 2. The number of esters is 1. The fourth-order valence-electron chi connectivity index (χ4n) is 1.76. The molecular formula is C14H17N3O2S. The molecule has 0 fully saturated rings. The first-order valence-electron chi connectivity index (χ1n) is 6.32. The summed E-state index contributed by atoms with van der Waals surface area (Å²) in [4.78, 5) is 16.1. The summed E-state index contributed by atoms with van der Waals surface area (Å²) in [7, 11) is 0. The number of nitrogens with one attached hydrogen (secondary N) is 1. The molecule has 0 saturated heterocycles. The Bertz CT molecular complexity index is 610. The standard InChI is InChI=1S/C14H17N3O2S/c1-3-19-14(18)10-5-4-6-11(13(10)15)16-7-12-17-9(2)8-20-12/h4-6,8,16H,3,7,15H2,1-2H3. The van der Waals surface area contributed by atoms with Crippen LogP contribution in [0.2, 0.25) is 0 Å². The molecule has 2 rings (SSSR count). The number of hydrogen-bond acceptors (Lipinski definition) is 6. The van der Waals surface area contributed by atoms with Gasteiger partial charge in [-0.2, -0.15) is 0 Å². The predicted molar refractivity (Wildman–Crippen MR) is 81.0 cm³/mol. The van der Waals surface area contributed by atoms with Gasteiger partial charge in [0.2, 0.25) is 0 Å². The molecule has 0 bridgehead atoms. The van der Waals surface area contributed by atoms with Crippen LogP contribution in [0.15, 0.2) is 23.6 Å². The lowest BCUT2D eigenvalue weighted by molar-refractivity contribution is 0.0527. The number of ether oxygens (including phenoxy) is 1. The third kappa shape index (κ3) is 3.27. The van der Waals surface area contributed by atoms with Gasteiger partial charge in [0, 0.05) is 11.1 Å². The van der Waals surface area contributed by atoms with Crippen molar-refractivity contribution in [2.45, 2.75) is 20.4 Å². The first kappa shape index (κ1) is 14.3. The van der Waals surface area contributed by atoms with Crippen LogP contribution in [0.5, 0.6) is 0 Å². The molecule has 5 nitrogen and oxygen atoms in total. The number of carbonyl (C=O) groups is 1. The molecule has 0 saturated carbocycles. The van der Waals surface area contributed by atoms with Crippen molar-refractivity contribution >= 4 is 28.7 Å². The minimum Gasteiger partial charge on any atom is -0.462 e. The van der Waals surface area contributed by atoms with E-state index in [4.69, 9.17) is 10.5 Å². The van der Waals surface area contributed by atoms with Crippen molar-refractivity contribution in [2.24, 2.45) is 0 Å². The van der Waals surface area contributed by atoms with Crippen molar-refractivity contribution in [1.29, 1.82) is 0 Å². The first-order valence-corrected chi connectivity index (χ1v) is 7.20. The maximum Gasteiger partial charge on any atom is 0.340 e. The summed E-state index contributed by atoms with van der Waals surface area (Å²) < 4.78 is 4.97. The quantitative estimate of drug-likeness (QED) is 0.654. The fourth-order valence-corrected chi connectivity index (χ4v) is 2.47. The fraction of sp³-hybridized carbons (Fsp3) is 0.286. The van der Waals surface area contributed by atoms with E-state index in [1.807, 2.05) is 18.4 Å². The highest BCUT2D eigenvalue weighted by Gasteiger charge is 2.13. The molecule has 0 radical (unpaired) electrons. The first-order chi connectivity index (χ1) is 9.61. The maximum absolute atomic E-state index is 11.8. The second-order valence-corrected chi connectivity index (χ2v) is 5.17. The van der Waals surface area contributed by atoms with Gasteiger partial charge < -0.3 is 15.8 Å². The normalized spacial score (nSPS) is 10.3. The molecule has 1 aromatic carbocycles. The van der Waals surface area contributed by atoms with Gasteiger partial charge in [-0.1, -0.05) is 6.07 Å². The van der Waals surface area contributed by atoms with Crippen molar-refractivity contribution in [3.63, 3.8) is 0 Å². The highest BCUT2D eigenvalue weighted by molar-refractivity contribution is 7.09. The lowest BCUT2D eigenvalue weighted by atomic mass is 10.1. The Balaban J connectivity index is 2.12. The number of aromatic nitrogens is 1. The van der Waals surface area contributed by atoms with Gasteiger partial charge in [0.05, 0.1) is 30.1 Å². The van der Waals surface area contributed by atoms with Crippen molar-refractivity contribution in [2.75, 3.05) is 17.7 Å². The number of aryl methyl sites for hydroxylation is 1. The molecule has 0 unspecified atom stereocenters. The summed E-state index contributed by atoms with van der Waals surface area (Å²) in [5, 5.41) is 6.17. The van der Waals surface area contributed by atoms with Gasteiger partial charge in [-0.05, 0) is 26.0 Å². The molecule has 106 valence electrons. The number of nitrogens with two attached hydrogens (primary N) is 1. The van der Waals surface area contributed by atoms with Crippen LogP contribution in [0, 0.1) is 6.92 Å². The molecule has 0 aliphatic heterocycles. The van der Waals surface area contributed by atoms with Crippen LogP contribution < -0.4 is 11.1 Å². The summed E-state index contributed by atoms with van der Waals surface area (Å²) in [6.45, 7) is 4.63. The van der Waals surface area contributed by atoms with Crippen LogP contribution in [-0.2, 0) is 11.3 Å². The van der Waals surface area contributed by atoms with E-state index in [0.717, 1.165) is 10.7 Å². The summed E-state index contributed by atoms with van der Waals surface area (Å²) >= 11 is 1.59. The average molecular weight is 291 g/mol. The minimum atomic E-state index is -0.404. The van der Waals surface area contributed by atoms with Crippen molar-refractivity contribution in [3.05, 3.63) is 39.8 Å². The average Bonchev–Trinajstić information content (AvgIpc) is 2.83. The number of anilines is 2. The van der Waals surface area contributed by atoms with Gasteiger partial charge >= 0.3 is 5.97 Å². The van der Waals surface area contributed by atoms with Crippen LogP contribution in [0.25, 0.3) is 0 Å². The monoisotopic (exact) mass is 291 g/mol. The molecule has 0 aliphatic carbocycles. The van der Waals surface area contributed by atoms with E-state index >= 15 is 0 Å². The molecule has 0 amide bonds. The molecule has 1 aromatic heterocycles. The highest BCUT2D eigenvalue weighted by atomic mass is 32.1. The van der Waals surface area contributed by atoms with Gasteiger partial charge in [-0.3, -0.25) is 0 Å². The van der Waals surface area contributed by atoms with E-state index in [1.165, 1.54) is 0 Å². The zero-order chi connectivity index (χ0) is 14.5. The van der Waals surface area contributed by atoms with Crippen LogP contribution in [0.1, 0.15) is 28.0 Å². The summed E-state index contributed by atoms with van der Waals surface area (Å²) in [5.74, 6) is -0.404. The van der Waals surface area contributed by atoms with Crippen LogP contribution >= 0.6 is 11.3 Å². The van der Waals surface area contributed by atoms with Gasteiger partial charge in [0.1, 0.15) is 5.01 Å². The second kappa shape index (κ2) is 6.38. The number of rotatable bonds is 5. The topological polar surface area (TPSA) is 77.2 Å². The molecule has 3 N–H and O–H groups in total. The summed E-state index contributed by atoms with van der Waals surface area (Å²) in [6.07, 6.45) is 0. The van der Waals surface area contributed by atoms with Gasteiger partial charge in [0.25, 0.3) is 0 Å². The number of carbonyl (C=O) groups excluding carboxylic acids is 1. The minimum absolute atomic E-state index is 0.328. The number of nitrogen functional groups attached to an aromatic ring is 1. The highest BCUT2D eigenvalue weighted by Crippen LogP contribution is 2.24. The van der Waals surface area contributed by atoms with Crippen molar-refractivity contribution in [3.8, 4) is 0 Å². The molecule has 20 heavy (non-hydrogen) atoms. The van der Waals surface area contributed by atoms with E-state index < -0.39 is 5.97 Å². The third-order valence-corrected chi connectivity index (χ3v) is 3.66. The van der Waals surface area contributed by atoms with E-state index in [-0.39, 0.29) is 0 Å². The largest absolute Gasteiger partial charge is 0.462 e. The van der Waals surface area contributed by atoms with Crippen LogP contribution in [0.4, 0.5) is 11.4 Å². The lowest BCUT2D eigenvalue weighted by Crippen LogP contribution is -2.10. The summed E-state index contributed by atoms with van der Waals surface area (Å²) in [5.41, 5.74) is 8.50. The smallest absolute Gasteiger partial charge is 0.340 e. The molecule has 1 heterocycles. The van der Waals surface area contributed by atoms with Crippen LogP contribution in [-0.4, -0.2) is 17.6 Å². The van der Waals surface area contributed by atoms with E-state index in [2.05, 4.69) is 10.3 Å². The second-order valence-electron chi connectivity index (χ2n) is 4.22. The molecule has 2 aromatic rings. The Hall–Kier alpha value is -2.08. The Morgan fingerprint density at radius 2 is 2.30 bits per heavy atom. The van der Waals surface area contributed by atoms with E-state index in [0.29, 0.717) is 30.1 Å². The van der Waals surface area contributed by atoms with E-state index in [9.17, 15) is 4.79 Å². The SMILES string of the molecule is CCOC(=O)c1cccc(NCc2nc(C)cs2)c1N. The Morgan fingerprint density at radius 1 is 1.50 bits per heavy atom. The Labute approximate surface area is 121 Å². The van der Waals surface area contributed by atoms with E-state index in [1.54, 1.807) is 30.4 Å².